The molecule has 0 aliphatic carbocycles. The van der Waals surface area contributed by atoms with Crippen molar-refractivity contribution in [1.29, 1.82) is 0 Å². The molecule has 1 aliphatic rings. The second-order valence-electron chi connectivity index (χ2n) is 4.47. The number of Topliss-reactive ketones (excluding diaryl/α,β-unsaturated/α-hetero) is 1. The number of nitro groups is 1. The zero-order chi connectivity index (χ0) is 15.0. The lowest BCUT2D eigenvalue weighted by molar-refractivity contribution is -0.384. The normalized spacial score (nSPS) is 14.9. The summed E-state index contributed by atoms with van der Waals surface area (Å²) < 4.78 is 5.40. The average Bonchev–Trinajstić information content (AvgIpc) is 2.75. The van der Waals surface area contributed by atoms with Crippen molar-refractivity contribution in [3.05, 3.63) is 69.5 Å². The van der Waals surface area contributed by atoms with Crippen molar-refractivity contribution in [3.8, 4) is 11.5 Å². The number of hydrogen-bond donors (Lipinski definition) is 1. The minimum atomic E-state index is -0.493. The van der Waals surface area contributed by atoms with E-state index in [1.807, 2.05) is 0 Å². The maximum absolute atomic E-state index is 12.1. The zero-order valence-electron chi connectivity index (χ0n) is 10.6. The van der Waals surface area contributed by atoms with Crippen molar-refractivity contribution in [2.24, 2.45) is 0 Å². The van der Waals surface area contributed by atoms with Crippen LogP contribution < -0.4 is 4.74 Å². The van der Waals surface area contributed by atoms with Crippen molar-refractivity contribution in [1.82, 2.24) is 0 Å². The van der Waals surface area contributed by atoms with Crippen molar-refractivity contribution in [3.63, 3.8) is 0 Å². The molecule has 0 spiro atoms. The smallest absolute Gasteiger partial charge is 0.269 e. The minimum absolute atomic E-state index is 0.0122. The molecule has 0 aromatic heterocycles. The number of ketones is 1. The standard InChI is InChI=1S/C15H9NO5/c17-11-5-6-12-13(8-11)21-14(15(12)18)7-9-1-3-10(4-2-9)16(19)20/h1-8,17H/b14-7+. The van der Waals surface area contributed by atoms with E-state index in [1.165, 1.54) is 48.5 Å². The molecule has 104 valence electrons. The number of phenolic OH excluding ortho intramolecular Hbond substituents is 1. The van der Waals surface area contributed by atoms with Gasteiger partial charge in [-0.3, -0.25) is 14.9 Å². The molecular formula is C15H9NO5. The maximum Gasteiger partial charge on any atom is 0.269 e. The lowest BCUT2D eigenvalue weighted by Gasteiger charge is -1.99. The van der Waals surface area contributed by atoms with E-state index in [0.29, 0.717) is 16.9 Å². The summed E-state index contributed by atoms with van der Waals surface area (Å²) in [4.78, 5) is 22.2. The van der Waals surface area contributed by atoms with E-state index in [4.69, 9.17) is 4.74 Å². The first-order valence-corrected chi connectivity index (χ1v) is 6.06. The van der Waals surface area contributed by atoms with Crippen LogP contribution in [0.4, 0.5) is 5.69 Å². The molecule has 0 saturated heterocycles. The van der Waals surface area contributed by atoms with Crippen molar-refractivity contribution in [2.45, 2.75) is 0 Å². The average molecular weight is 283 g/mol. The van der Waals surface area contributed by atoms with E-state index in [1.54, 1.807) is 0 Å². The number of benzene rings is 2. The van der Waals surface area contributed by atoms with Crippen LogP contribution in [0.25, 0.3) is 6.08 Å². The van der Waals surface area contributed by atoms with Gasteiger partial charge in [0.05, 0.1) is 10.5 Å². The van der Waals surface area contributed by atoms with Gasteiger partial charge >= 0.3 is 0 Å². The van der Waals surface area contributed by atoms with Gasteiger partial charge in [0.15, 0.2) is 5.76 Å². The molecule has 6 heteroatoms. The summed E-state index contributed by atoms with van der Waals surface area (Å²) in [7, 11) is 0. The second kappa shape index (κ2) is 4.75. The van der Waals surface area contributed by atoms with Crippen LogP contribution in [0.15, 0.2) is 48.2 Å². The fourth-order valence-corrected chi connectivity index (χ4v) is 2.02. The highest BCUT2D eigenvalue weighted by Gasteiger charge is 2.27. The maximum atomic E-state index is 12.1. The molecule has 0 radical (unpaired) electrons. The molecule has 2 aromatic rings. The highest BCUT2D eigenvalue weighted by atomic mass is 16.6. The van der Waals surface area contributed by atoms with Crippen molar-refractivity contribution >= 4 is 17.5 Å². The molecule has 1 heterocycles. The molecule has 21 heavy (non-hydrogen) atoms. The summed E-state index contributed by atoms with van der Waals surface area (Å²) in [5, 5.41) is 19.9. The molecule has 0 atom stereocenters. The number of nitro benzene ring substituents is 1. The van der Waals surface area contributed by atoms with Crippen LogP contribution in [-0.4, -0.2) is 15.8 Å². The molecule has 0 unspecified atom stereocenters. The number of allylic oxidation sites excluding steroid dienone is 1. The van der Waals surface area contributed by atoms with Crippen molar-refractivity contribution in [2.75, 3.05) is 0 Å². The Morgan fingerprint density at radius 1 is 1.14 bits per heavy atom. The number of fused-ring (bicyclic) bond motifs is 1. The third-order valence-corrected chi connectivity index (χ3v) is 3.06. The molecule has 1 N–H and O–H groups in total. The summed E-state index contributed by atoms with van der Waals surface area (Å²) in [6.07, 6.45) is 1.50. The van der Waals surface area contributed by atoms with Crippen LogP contribution in [0, 0.1) is 10.1 Å². The fourth-order valence-electron chi connectivity index (χ4n) is 2.02. The first-order chi connectivity index (χ1) is 10.0. The third kappa shape index (κ3) is 2.34. The number of carbonyl (C=O) groups is 1. The quantitative estimate of drug-likeness (QED) is 0.520. The van der Waals surface area contributed by atoms with E-state index in [-0.39, 0.29) is 23.0 Å². The first-order valence-electron chi connectivity index (χ1n) is 6.06. The second-order valence-corrected chi connectivity index (χ2v) is 4.47. The van der Waals surface area contributed by atoms with Gasteiger partial charge in [0.25, 0.3) is 5.69 Å². The monoisotopic (exact) mass is 283 g/mol. The van der Waals surface area contributed by atoms with Gasteiger partial charge < -0.3 is 9.84 Å². The Balaban J connectivity index is 1.92. The number of carbonyl (C=O) groups excluding carboxylic acids is 1. The molecule has 0 amide bonds. The van der Waals surface area contributed by atoms with E-state index >= 15 is 0 Å². The number of rotatable bonds is 2. The Morgan fingerprint density at radius 2 is 1.86 bits per heavy atom. The fraction of sp³-hybridized carbons (Fsp3) is 0. The topological polar surface area (TPSA) is 89.7 Å². The number of phenols is 1. The zero-order valence-corrected chi connectivity index (χ0v) is 10.6. The Hall–Kier alpha value is -3.15. The van der Waals surface area contributed by atoms with E-state index in [0.717, 1.165) is 0 Å². The van der Waals surface area contributed by atoms with Crippen molar-refractivity contribution < 1.29 is 19.6 Å². The van der Waals surface area contributed by atoms with Gasteiger partial charge in [-0.1, -0.05) is 0 Å². The highest BCUT2D eigenvalue weighted by molar-refractivity contribution is 6.14. The molecule has 1 aliphatic heterocycles. The third-order valence-electron chi connectivity index (χ3n) is 3.06. The lowest BCUT2D eigenvalue weighted by atomic mass is 10.1. The predicted molar refractivity (Wildman–Crippen MR) is 74.1 cm³/mol. The van der Waals surface area contributed by atoms with Crippen LogP contribution >= 0.6 is 0 Å². The Kier molecular flexibility index (Phi) is 2.91. The summed E-state index contributed by atoms with van der Waals surface area (Å²) in [5.74, 6) is 0.138. The highest BCUT2D eigenvalue weighted by Crippen LogP contribution is 2.34. The van der Waals surface area contributed by atoms with Crippen LogP contribution in [0.5, 0.6) is 11.5 Å². The molecule has 0 bridgehead atoms. The Morgan fingerprint density at radius 3 is 2.52 bits per heavy atom. The number of nitrogens with zero attached hydrogens (tertiary/aromatic N) is 1. The van der Waals surface area contributed by atoms with Crippen LogP contribution in [0.1, 0.15) is 15.9 Å². The summed E-state index contributed by atoms with van der Waals surface area (Å²) in [5.41, 5.74) is 0.964. The number of aromatic hydroxyl groups is 1. The van der Waals surface area contributed by atoms with Gasteiger partial charge in [0, 0.05) is 18.2 Å². The van der Waals surface area contributed by atoms with Crippen LogP contribution in [0.3, 0.4) is 0 Å². The Bertz CT molecular complexity index is 777. The summed E-state index contributed by atoms with van der Waals surface area (Å²) in [6.45, 7) is 0. The summed E-state index contributed by atoms with van der Waals surface area (Å²) >= 11 is 0. The van der Waals surface area contributed by atoms with Gasteiger partial charge in [-0.2, -0.15) is 0 Å². The minimum Gasteiger partial charge on any atom is -0.508 e. The van der Waals surface area contributed by atoms with Gasteiger partial charge in [-0.05, 0) is 35.9 Å². The number of non-ortho nitro benzene ring substituents is 1. The molecule has 0 saturated carbocycles. The summed E-state index contributed by atoms with van der Waals surface area (Å²) in [6, 6.07) is 10.0. The van der Waals surface area contributed by atoms with Crippen LogP contribution in [-0.2, 0) is 0 Å². The molecule has 0 fully saturated rings. The Labute approximate surface area is 119 Å². The van der Waals surface area contributed by atoms with E-state index in [9.17, 15) is 20.0 Å². The van der Waals surface area contributed by atoms with Gasteiger partial charge in [0.1, 0.15) is 11.5 Å². The van der Waals surface area contributed by atoms with Crippen LogP contribution in [0.2, 0.25) is 0 Å². The molecule has 2 aromatic carbocycles. The molecular weight excluding hydrogens is 274 g/mol. The van der Waals surface area contributed by atoms with Gasteiger partial charge in [-0.15, -0.1) is 0 Å². The lowest BCUT2D eigenvalue weighted by Crippen LogP contribution is -1.98. The predicted octanol–water partition coefficient (Wildman–Crippen LogP) is 2.92. The van der Waals surface area contributed by atoms with E-state index in [2.05, 4.69) is 0 Å². The number of ether oxygens (including phenoxy) is 1. The molecule has 3 rings (SSSR count). The van der Waals surface area contributed by atoms with E-state index < -0.39 is 4.92 Å². The SMILES string of the molecule is O=C1/C(=C\c2ccc([N+](=O)[O-])cc2)Oc2cc(O)ccc21. The largest absolute Gasteiger partial charge is 0.508 e. The number of hydrogen-bond acceptors (Lipinski definition) is 5. The first kappa shape index (κ1) is 12.9. The van der Waals surface area contributed by atoms with Gasteiger partial charge in [0.2, 0.25) is 5.78 Å². The molecule has 6 nitrogen and oxygen atoms in total. The van der Waals surface area contributed by atoms with Gasteiger partial charge in [-0.25, -0.2) is 0 Å².